The van der Waals surface area contributed by atoms with Crippen LogP contribution in [0.2, 0.25) is 0 Å². The lowest BCUT2D eigenvalue weighted by atomic mass is 10.5. The number of rotatable bonds is 1. The lowest BCUT2D eigenvalue weighted by Crippen LogP contribution is -2.32. The van der Waals surface area contributed by atoms with Crippen LogP contribution in [0.4, 0.5) is 0 Å². The molecule has 0 saturated carbocycles. The zero-order valence-electron chi connectivity index (χ0n) is 5.84. The molecule has 0 atom stereocenters. The van der Waals surface area contributed by atoms with Crippen LogP contribution in [0.25, 0.3) is 0 Å². The summed E-state index contributed by atoms with van der Waals surface area (Å²) in [7, 11) is 0. The summed E-state index contributed by atoms with van der Waals surface area (Å²) < 4.78 is 0. The molecule has 0 amide bonds. The highest BCUT2D eigenvalue weighted by Crippen LogP contribution is 2.07. The van der Waals surface area contributed by atoms with Crippen LogP contribution >= 0.6 is 24.4 Å². The minimum atomic E-state index is 0.893. The fourth-order valence-corrected chi connectivity index (χ4v) is 1.96. The number of nitrogens with zero attached hydrogens (tertiary/aromatic N) is 1. The molecule has 1 rings (SSSR count). The summed E-state index contributed by atoms with van der Waals surface area (Å²) >= 11 is 5.85. The van der Waals surface area contributed by atoms with Gasteiger partial charge in [0.1, 0.15) is 0 Å². The predicted molar refractivity (Wildman–Crippen MR) is 50.5 cm³/mol. The first-order valence-electron chi connectivity index (χ1n) is 3.35. The number of hydrogen-bond acceptors (Lipinski definition) is 3. The van der Waals surface area contributed by atoms with Crippen molar-refractivity contribution in [3.05, 3.63) is 0 Å². The van der Waals surface area contributed by atoms with E-state index in [1.165, 1.54) is 24.6 Å². The molecule has 1 saturated heterocycles. The van der Waals surface area contributed by atoms with Crippen molar-refractivity contribution < 1.29 is 0 Å². The van der Waals surface area contributed by atoms with E-state index < -0.39 is 0 Å². The Morgan fingerprint density at radius 1 is 1.40 bits per heavy atom. The monoisotopic (exact) mass is 173 g/mol. The van der Waals surface area contributed by atoms with Gasteiger partial charge in [-0.05, 0) is 5.25 Å². The zero-order chi connectivity index (χ0) is 7.23. The highest BCUT2D eigenvalue weighted by Gasteiger charge is 2.07. The zero-order valence-corrected chi connectivity index (χ0v) is 7.55. The SMILES string of the molecule is SC#CCN1CCSCC1. The minimum Gasteiger partial charge on any atom is -0.291 e. The largest absolute Gasteiger partial charge is 0.291 e. The van der Waals surface area contributed by atoms with Gasteiger partial charge in [0.25, 0.3) is 0 Å². The summed E-state index contributed by atoms with van der Waals surface area (Å²) in [5.41, 5.74) is 0. The van der Waals surface area contributed by atoms with Crippen LogP contribution in [0.5, 0.6) is 0 Å². The Kier molecular flexibility index (Phi) is 4.12. The third-order valence-corrected chi connectivity index (χ3v) is 2.59. The second kappa shape index (κ2) is 4.95. The number of thiol groups is 1. The fourth-order valence-electron chi connectivity index (χ4n) is 0.906. The van der Waals surface area contributed by atoms with Crippen molar-refractivity contribution in [2.45, 2.75) is 0 Å². The molecule has 1 heterocycles. The molecule has 3 heteroatoms. The quantitative estimate of drug-likeness (QED) is 0.464. The molecule has 0 radical (unpaired) electrons. The molecule has 0 aliphatic carbocycles. The molecular weight excluding hydrogens is 162 g/mol. The molecule has 0 aromatic rings. The molecular formula is C7H11NS2. The van der Waals surface area contributed by atoms with E-state index in [-0.39, 0.29) is 0 Å². The molecule has 1 nitrogen and oxygen atoms in total. The average Bonchev–Trinajstić information content (AvgIpc) is 2.03. The topological polar surface area (TPSA) is 3.24 Å². The first-order chi connectivity index (χ1) is 4.93. The summed E-state index contributed by atoms with van der Waals surface area (Å²) in [4.78, 5) is 2.36. The fraction of sp³-hybridized carbons (Fsp3) is 0.714. The van der Waals surface area contributed by atoms with Gasteiger partial charge in [0.2, 0.25) is 0 Å². The van der Waals surface area contributed by atoms with E-state index in [0.29, 0.717) is 0 Å². The Labute approximate surface area is 72.0 Å². The summed E-state index contributed by atoms with van der Waals surface area (Å²) in [6.07, 6.45) is 0. The van der Waals surface area contributed by atoms with E-state index in [4.69, 9.17) is 0 Å². The van der Waals surface area contributed by atoms with Crippen LogP contribution in [0.3, 0.4) is 0 Å². The van der Waals surface area contributed by atoms with E-state index in [9.17, 15) is 0 Å². The maximum Gasteiger partial charge on any atom is 0.0611 e. The van der Waals surface area contributed by atoms with Crippen molar-refractivity contribution in [2.75, 3.05) is 31.1 Å². The lowest BCUT2D eigenvalue weighted by Gasteiger charge is -2.23. The molecule has 0 spiro atoms. The van der Waals surface area contributed by atoms with Gasteiger partial charge < -0.3 is 0 Å². The molecule has 0 aromatic carbocycles. The highest BCUT2D eigenvalue weighted by molar-refractivity contribution is 7.99. The number of thioether (sulfide) groups is 1. The van der Waals surface area contributed by atoms with E-state index >= 15 is 0 Å². The summed E-state index contributed by atoms with van der Waals surface area (Å²) in [6.45, 7) is 3.27. The third-order valence-electron chi connectivity index (χ3n) is 1.49. The van der Waals surface area contributed by atoms with Crippen molar-refractivity contribution in [1.29, 1.82) is 0 Å². The van der Waals surface area contributed by atoms with Crippen LogP contribution < -0.4 is 0 Å². The Morgan fingerprint density at radius 3 is 2.70 bits per heavy atom. The van der Waals surface area contributed by atoms with Crippen LogP contribution in [0, 0.1) is 11.2 Å². The predicted octanol–water partition coefficient (Wildman–Crippen LogP) is 0.926. The van der Waals surface area contributed by atoms with E-state index in [0.717, 1.165) is 6.54 Å². The maximum absolute atomic E-state index is 3.83. The van der Waals surface area contributed by atoms with Crippen molar-refractivity contribution in [3.8, 4) is 11.2 Å². The number of hydrogen-bond donors (Lipinski definition) is 1. The minimum absolute atomic E-state index is 0.893. The molecule has 1 fully saturated rings. The summed E-state index contributed by atoms with van der Waals surface area (Å²) in [5.74, 6) is 5.47. The molecule has 0 N–H and O–H groups in total. The lowest BCUT2D eigenvalue weighted by molar-refractivity contribution is 0.341. The van der Waals surface area contributed by atoms with Crippen molar-refractivity contribution in [2.24, 2.45) is 0 Å². The van der Waals surface area contributed by atoms with Crippen LogP contribution in [0.1, 0.15) is 0 Å². The van der Waals surface area contributed by atoms with Gasteiger partial charge in [0.15, 0.2) is 0 Å². The first-order valence-corrected chi connectivity index (χ1v) is 4.96. The molecule has 0 unspecified atom stereocenters. The Morgan fingerprint density at radius 2 is 2.10 bits per heavy atom. The maximum atomic E-state index is 3.83. The van der Waals surface area contributed by atoms with Crippen LogP contribution in [-0.4, -0.2) is 36.0 Å². The summed E-state index contributed by atoms with van der Waals surface area (Å²) in [6, 6.07) is 0. The highest BCUT2D eigenvalue weighted by atomic mass is 32.2. The third kappa shape index (κ3) is 2.87. The van der Waals surface area contributed by atoms with Gasteiger partial charge in [-0.3, -0.25) is 4.90 Å². The van der Waals surface area contributed by atoms with Gasteiger partial charge in [-0.2, -0.15) is 11.8 Å². The molecule has 56 valence electrons. The van der Waals surface area contributed by atoms with E-state index in [2.05, 4.69) is 28.7 Å². The smallest absolute Gasteiger partial charge is 0.0611 e. The molecule has 10 heavy (non-hydrogen) atoms. The summed E-state index contributed by atoms with van der Waals surface area (Å²) in [5, 5.41) is 2.61. The van der Waals surface area contributed by atoms with Crippen molar-refractivity contribution in [1.82, 2.24) is 4.90 Å². The molecule has 1 aliphatic heterocycles. The molecule has 1 aliphatic rings. The van der Waals surface area contributed by atoms with Crippen LogP contribution in [-0.2, 0) is 0 Å². The standard InChI is InChI=1S/C7H11NS2/c9-5-1-2-8-3-6-10-7-4-8/h9H,2-4,6-7H2. The van der Waals surface area contributed by atoms with E-state index in [1.54, 1.807) is 0 Å². The van der Waals surface area contributed by atoms with E-state index in [1.807, 2.05) is 11.8 Å². The average molecular weight is 173 g/mol. The molecule has 0 aromatic heterocycles. The van der Waals surface area contributed by atoms with Gasteiger partial charge in [-0.25, -0.2) is 0 Å². The van der Waals surface area contributed by atoms with Gasteiger partial charge >= 0.3 is 0 Å². The Balaban J connectivity index is 2.17. The second-order valence-electron chi connectivity index (χ2n) is 2.18. The Hall–Kier alpha value is 0.220. The normalized spacial score (nSPS) is 19.7. The first kappa shape index (κ1) is 8.32. The van der Waals surface area contributed by atoms with Gasteiger partial charge in [-0.1, -0.05) is 18.5 Å². The van der Waals surface area contributed by atoms with Crippen LogP contribution in [0.15, 0.2) is 0 Å². The second-order valence-corrected chi connectivity index (χ2v) is 3.63. The van der Waals surface area contributed by atoms with Gasteiger partial charge in [-0.15, -0.1) is 0 Å². The molecule has 0 bridgehead atoms. The Bertz CT molecular complexity index is 141. The van der Waals surface area contributed by atoms with Crippen molar-refractivity contribution in [3.63, 3.8) is 0 Å². The van der Waals surface area contributed by atoms with Gasteiger partial charge in [0.05, 0.1) is 6.54 Å². The van der Waals surface area contributed by atoms with Gasteiger partial charge in [0, 0.05) is 24.6 Å². The van der Waals surface area contributed by atoms with Crippen molar-refractivity contribution >= 4 is 24.4 Å².